The van der Waals surface area contributed by atoms with E-state index in [2.05, 4.69) is 23.9 Å². The predicted octanol–water partition coefficient (Wildman–Crippen LogP) is 3.44. The van der Waals surface area contributed by atoms with Crippen LogP contribution in [0, 0.1) is 10.8 Å². The van der Waals surface area contributed by atoms with Gasteiger partial charge < -0.3 is 15.8 Å². The topological polar surface area (TPSA) is 61.8 Å². The Balaban J connectivity index is 2.26. The maximum Gasteiger partial charge on any atom is 0.144 e. The first-order valence-electron chi connectivity index (χ1n) is 8.09. The van der Waals surface area contributed by atoms with Gasteiger partial charge in [0.2, 0.25) is 0 Å². The number of amidine groups is 1. The molecule has 0 atom stereocenters. The molecule has 118 valence electrons. The maximum absolute atomic E-state index is 8.77. The van der Waals surface area contributed by atoms with E-state index in [1.165, 1.54) is 45.3 Å². The van der Waals surface area contributed by atoms with E-state index in [1.54, 1.807) is 0 Å². The quantitative estimate of drug-likeness (QED) is 0.236. The van der Waals surface area contributed by atoms with Crippen molar-refractivity contribution < 1.29 is 5.21 Å². The predicted molar refractivity (Wildman–Crippen MR) is 85.1 cm³/mol. The molecule has 1 aliphatic rings. The van der Waals surface area contributed by atoms with Crippen LogP contribution in [0.15, 0.2) is 5.16 Å². The standard InChI is InChI=1S/C16H33N3O/c1-5-16(6-2)10-12-19(13-16)11-8-7-9-15(3,4)14(17)18-20/h20H,5-13H2,1-4H3,(H2,17,18). The van der Waals surface area contributed by atoms with Gasteiger partial charge in [-0.25, -0.2) is 0 Å². The molecule has 4 heteroatoms. The fourth-order valence-corrected chi connectivity index (χ4v) is 3.21. The Morgan fingerprint density at radius 1 is 1.30 bits per heavy atom. The number of unbranched alkanes of at least 4 members (excludes halogenated alkanes) is 1. The van der Waals surface area contributed by atoms with Crippen LogP contribution in [0.3, 0.4) is 0 Å². The van der Waals surface area contributed by atoms with Crippen LogP contribution >= 0.6 is 0 Å². The fourth-order valence-electron chi connectivity index (χ4n) is 3.21. The Hall–Kier alpha value is -0.770. The van der Waals surface area contributed by atoms with Crippen molar-refractivity contribution in [3.8, 4) is 0 Å². The van der Waals surface area contributed by atoms with Crippen LogP contribution in [0.2, 0.25) is 0 Å². The third kappa shape index (κ3) is 4.37. The first-order chi connectivity index (χ1) is 9.39. The van der Waals surface area contributed by atoms with Crippen LogP contribution in [0.1, 0.15) is 66.2 Å². The van der Waals surface area contributed by atoms with Gasteiger partial charge in [-0.05, 0) is 50.6 Å². The highest BCUT2D eigenvalue weighted by Gasteiger charge is 2.34. The summed E-state index contributed by atoms with van der Waals surface area (Å²) >= 11 is 0. The fraction of sp³-hybridized carbons (Fsp3) is 0.938. The smallest absolute Gasteiger partial charge is 0.144 e. The van der Waals surface area contributed by atoms with Crippen molar-refractivity contribution in [3.63, 3.8) is 0 Å². The van der Waals surface area contributed by atoms with Crippen molar-refractivity contribution in [1.82, 2.24) is 4.90 Å². The molecule has 0 amide bonds. The molecule has 0 aromatic heterocycles. The van der Waals surface area contributed by atoms with E-state index < -0.39 is 0 Å². The van der Waals surface area contributed by atoms with Gasteiger partial charge in [0.15, 0.2) is 0 Å². The van der Waals surface area contributed by atoms with E-state index in [4.69, 9.17) is 10.9 Å². The van der Waals surface area contributed by atoms with Gasteiger partial charge in [0.25, 0.3) is 0 Å². The third-order valence-electron chi connectivity index (χ3n) is 5.34. The van der Waals surface area contributed by atoms with Crippen LogP contribution in [-0.4, -0.2) is 35.6 Å². The second-order valence-corrected chi connectivity index (χ2v) is 7.06. The molecule has 4 nitrogen and oxygen atoms in total. The minimum Gasteiger partial charge on any atom is -0.409 e. The highest BCUT2D eigenvalue weighted by atomic mass is 16.4. The monoisotopic (exact) mass is 283 g/mol. The average molecular weight is 283 g/mol. The molecule has 0 saturated carbocycles. The Bertz CT molecular complexity index is 322. The van der Waals surface area contributed by atoms with Gasteiger partial charge in [0, 0.05) is 12.0 Å². The number of hydrogen-bond donors (Lipinski definition) is 2. The van der Waals surface area contributed by atoms with Crippen molar-refractivity contribution in [1.29, 1.82) is 0 Å². The van der Waals surface area contributed by atoms with Gasteiger partial charge in [0.05, 0.1) is 0 Å². The van der Waals surface area contributed by atoms with Crippen LogP contribution in [0.5, 0.6) is 0 Å². The van der Waals surface area contributed by atoms with Crippen molar-refractivity contribution in [3.05, 3.63) is 0 Å². The molecular formula is C16H33N3O. The first-order valence-corrected chi connectivity index (χ1v) is 8.09. The molecule has 1 fully saturated rings. The summed E-state index contributed by atoms with van der Waals surface area (Å²) in [7, 11) is 0. The summed E-state index contributed by atoms with van der Waals surface area (Å²) in [6.07, 6.45) is 7.27. The van der Waals surface area contributed by atoms with E-state index in [0.29, 0.717) is 11.3 Å². The highest BCUT2D eigenvalue weighted by Crippen LogP contribution is 2.37. The van der Waals surface area contributed by atoms with Crippen molar-refractivity contribution >= 4 is 5.84 Å². The number of hydrogen-bond acceptors (Lipinski definition) is 3. The molecule has 0 aliphatic carbocycles. The lowest BCUT2D eigenvalue weighted by Gasteiger charge is -2.27. The Morgan fingerprint density at radius 2 is 1.95 bits per heavy atom. The van der Waals surface area contributed by atoms with Crippen LogP contribution in [0.4, 0.5) is 0 Å². The molecule has 1 aliphatic heterocycles. The normalized spacial score (nSPS) is 20.5. The number of rotatable bonds is 8. The number of likely N-dealkylation sites (tertiary alicyclic amines) is 1. The van der Waals surface area contributed by atoms with Gasteiger partial charge in [0.1, 0.15) is 5.84 Å². The number of nitrogens with zero attached hydrogens (tertiary/aromatic N) is 2. The summed E-state index contributed by atoms with van der Waals surface area (Å²) in [6, 6.07) is 0. The zero-order valence-electron chi connectivity index (χ0n) is 13.8. The lowest BCUT2D eigenvalue weighted by atomic mass is 9.82. The summed E-state index contributed by atoms with van der Waals surface area (Å²) in [5.41, 5.74) is 6.09. The molecular weight excluding hydrogens is 250 g/mol. The minimum atomic E-state index is -0.198. The zero-order chi connectivity index (χ0) is 15.2. The molecule has 20 heavy (non-hydrogen) atoms. The number of nitrogens with two attached hydrogens (primary N) is 1. The molecule has 1 rings (SSSR count). The van der Waals surface area contributed by atoms with Crippen molar-refractivity contribution in [2.45, 2.75) is 66.2 Å². The third-order valence-corrected chi connectivity index (χ3v) is 5.34. The van der Waals surface area contributed by atoms with Gasteiger partial charge in [-0.3, -0.25) is 0 Å². The highest BCUT2D eigenvalue weighted by molar-refractivity contribution is 5.85. The van der Waals surface area contributed by atoms with Crippen LogP contribution in [0.25, 0.3) is 0 Å². The van der Waals surface area contributed by atoms with Crippen LogP contribution < -0.4 is 5.73 Å². The summed E-state index contributed by atoms with van der Waals surface area (Å²) in [5.74, 6) is 0.342. The molecule has 0 radical (unpaired) electrons. The molecule has 1 heterocycles. The SMILES string of the molecule is CCC1(CC)CCN(CCCCC(C)(C)C(N)=NO)C1. The summed E-state index contributed by atoms with van der Waals surface area (Å²) in [6.45, 7) is 12.4. The molecule has 1 saturated heterocycles. The molecule has 0 spiro atoms. The second kappa shape index (κ2) is 7.30. The largest absolute Gasteiger partial charge is 0.409 e. The summed E-state index contributed by atoms with van der Waals surface area (Å²) in [5, 5.41) is 11.9. The first kappa shape index (κ1) is 17.3. The molecule has 3 N–H and O–H groups in total. The molecule has 0 aromatic carbocycles. The zero-order valence-corrected chi connectivity index (χ0v) is 13.8. The number of oxime groups is 1. The van der Waals surface area contributed by atoms with Gasteiger partial charge >= 0.3 is 0 Å². The van der Waals surface area contributed by atoms with Crippen molar-refractivity contribution in [2.75, 3.05) is 19.6 Å². The van der Waals surface area contributed by atoms with Gasteiger partial charge in [-0.15, -0.1) is 0 Å². The summed E-state index contributed by atoms with van der Waals surface area (Å²) in [4.78, 5) is 2.61. The van der Waals surface area contributed by atoms with E-state index in [9.17, 15) is 0 Å². The Morgan fingerprint density at radius 3 is 2.45 bits per heavy atom. The van der Waals surface area contributed by atoms with Gasteiger partial charge in [-0.2, -0.15) is 0 Å². The summed E-state index contributed by atoms with van der Waals surface area (Å²) < 4.78 is 0. The van der Waals surface area contributed by atoms with E-state index in [0.717, 1.165) is 12.8 Å². The molecule has 0 bridgehead atoms. The second-order valence-electron chi connectivity index (χ2n) is 7.06. The average Bonchev–Trinajstić information content (AvgIpc) is 2.87. The van der Waals surface area contributed by atoms with Crippen LogP contribution in [-0.2, 0) is 0 Å². The Kier molecular flexibility index (Phi) is 6.31. The van der Waals surface area contributed by atoms with E-state index >= 15 is 0 Å². The molecule has 0 aromatic rings. The lowest BCUT2D eigenvalue weighted by Crippen LogP contribution is -2.32. The van der Waals surface area contributed by atoms with E-state index in [1.807, 2.05) is 13.8 Å². The Labute approximate surface area is 124 Å². The van der Waals surface area contributed by atoms with Gasteiger partial charge in [-0.1, -0.05) is 39.3 Å². The molecule has 0 unspecified atom stereocenters. The maximum atomic E-state index is 8.77. The lowest BCUT2D eigenvalue weighted by molar-refractivity contribution is 0.236. The van der Waals surface area contributed by atoms with Crippen molar-refractivity contribution in [2.24, 2.45) is 21.7 Å². The minimum absolute atomic E-state index is 0.198. The van der Waals surface area contributed by atoms with E-state index in [-0.39, 0.29) is 5.41 Å².